The summed E-state index contributed by atoms with van der Waals surface area (Å²) in [7, 11) is 3.97. The van der Waals surface area contributed by atoms with Crippen LogP contribution in [0.1, 0.15) is 38.5 Å². The molecule has 3 N–H and O–H groups in total. The van der Waals surface area contributed by atoms with Crippen molar-refractivity contribution in [3.8, 4) is 0 Å². The molecule has 0 bridgehead atoms. The molecule has 0 saturated carbocycles. The van der Waals surface area contributed by atoms with Crippen LogP contribution in [-0.2, 0) is 29.2 Å². The van der Waals surface area contributed by atoms with Gasteiger partial charge in [-0.2, -0.15) is 0 Å². The van der Waals surface area contributed by atoms with Gasteiger partial charge in [-0.15, -0.1) is 11.3 Å². The molecule has 0 aliphatic carbocycles. The zero-order chi connectivity index (χ0) is 22.8. The number of urea groups is 1. The SMILES string of the molecule is CN(C)Cc1cccc(NC(=O)NCc2cc3c(s2)C(=O)N(C2CCC(=O)NC2=O)C3)c1. The number of benzene rings is 1. The molecule has 32 heavy (non-hydrogen) atoms. The minimum Gasteiger partial charge on any atom is -0.333 e. The lowest BCUT2D eigenvalue weighted by Gasteiger charge is -2.29. The molecule has 1 unspecified atom stereocenters. The Hall–Kier alpha value is -3.24. The number of hydrogen-bond acceptors (Lipinski definition) is 6. The Labute approximate surface area is 189 Å². The summed E-state index contributed by atoms with van der Waals surface area (Å²) in [6, 6.07) is 8.63. The summed E-state index contributed by atoms with van der Waals surface area (Å²) in [5.41, 5.74) is 2.66. The third-order valence-electron chi connectivity index (χ3n) is 5.35. The van der Waals surface area contributed by atoms with Gasteiger partial charge in [0, 0.05) is 30.1 Å². The Morgan fingerprint density at radius 3 is 2.78 bits per heavy atom. The molecular formula is C22H25N5O4S. The first-order chi connectivity index (χ1) is 15.3. The number of nitrogens with one attached hydrogen (secondary N) is 3. The van der Waals surface area contributed by atoms with Crippen molar-refractivity contribution in [2.24, 2.45) is 0 Å². The topological polar surface area (TPSA) is 111 Å². The summed E-state index contributed by atoms with van der Waals surface area (Å²) in [6.07, 6.45) is 0.575. The molecule has 2 aliphatic heterocycles. The molecule has 0 spiro atoms. The van der Waals surface area contributed by atoms with E-state index in [1.165, 1.54) is 16.2 Å². The normalized spacial score (nSPS) is 18.0. The molecule has 1 saturated heterocycles. The molecule has 10 heteroatoms. The zero-order valence-corrected chi connectivity index (χ0v) is 18.8. The van der Waals surface area contributed by atoms with E-state index in [0.717, 1.165) is 22.5 Å². The van der Waals surface area contributed by atoms with Gasteiger partial charge in [0.25, 0.3) is 5.91 Å². The average molecular weight is 456 g/mol. The largest absolute Gasteiger partial charge is 0.333 e. The number of carbonyl (C=O) groups is 4. The lowest BCUT2D eigenvalue weighted by molar-refractivity contribution is -0.136. The molecule has 3 heterocycles. The van der Waals surface area contributed by atoms with Gasteiger partial charge in [0.05, 0.1) is 11.4 Å². The summed E-state index contributed by atoms with van der Waals surface area (Å²) in [4.78, 5) is 53.6. The number of thiophene rings is 1. The van der Waals surface area contributed by atoms with Crippen LogP contribution >= 0.6 is 11.3 Å². The third kappa shape index (κ3) is 4.81. The number of rotatable bonds is 6. The lowest BCUT2D eigenvalue weighted by Crippen LogP contribution is -2.52. The van der Waals surface area contributed by atoms with Crippen LogP contribution in [0.5, 0.6) is 0 Å². The van der Waals surface area contributed by atoms with E-state index >= 15 is 0 Å². The fourth-order valence-corrected chi connectivity index (χ4v) is 5.01. The molecule has 168 valence electrons. The molecule has 2 aromatic rings. The predicted octanol–water partition coefficient (Wildman–Crippen LogP) is 1.89. The Bertz CT molecular complexity index is 1080. The Balaban J connectivity index is 1.32. The zero-order valence-electron chi connectivity index (χ0n) is 17.9. The maximum atomic E-state index is 12.8. The fourth-order valence-electron chi connectivity index (χ4n) is 3.94. The van der Waals surface area contributed by atoms with E-state index in [9.17, 15) is 19.2 Å². The first-order valence-corrected chi connectivity index (χ1v) is 11.2. The second-order valence-corrected chi connectivity index (χ2v) is 9.35. The quantitative estimate of drug-likeness (QED) is 0.576. The molecule has 1 atom stereocenters. The first-order valence-electron chi connectivity index (χ1n) is 10.3. The van der Waals surface area contributed by atoms with Crippen molar-refractivity contribution < 1.29 is 19.2 Å². The molecule has 1 aromatic heterocycles. The summed E-state index contributed by atoms with van der Waals surface area (Å²) < 4.78 is 0. The van der Waals surface area contributed by atoms with E-state index in [2.05, 4.69) is 20.9 Å². The van der Waals surface area contributed by atoms with E-state index in [-0.39, 0.29) is 24.3 Å². The van der Waals surface area contributed by atoms with Crippen LogP contribution in [-0.4, -0.2) is 53.7 Å². The van der Waals surface area contributed by atoms with Gasteiger partial charge in [-0.05, 0) is 49.8 Å². The second-order valence-electron chi connectivity index (χ2n) is 8.21. The highest BCUT2D eigenvalue weighted by atomic mass is 32.1. The number of nitrogens with zero attached hydrogens (tertiary/aromatic N) is 2. The van der Waals surface area contributed by atoms with E-state index < -0.39 is 11.9 Å². The molecule has 2 aliphatic rings. The van der Waals surface area contributed by atoms with E-state index in [1.807, 2.05) is 44.4 Å². The molecular weight excluding hydrogens is 430 g/mol. The minimum absolute atomic E-state index is 0.201. The van der Waals surface area contributed by atoms with E-state index in [4.69, 9.17) is 0 Å². The van der Waals surface area contributed by atoms with E-state index in [1.54, 1.807) is 0 Å². The standard InChI is InChI=1S/C22H25N5O4S/c1-26(2)11-13-4-3-5-15(8-13)24-22(31)23-10-16-9-14-12-27(21(30)19(14)32-16)17-6-7-18(28)25-20(17)29/h3-5,8-9,17H,6-7,10-12H2,1-2H3,(H2,23,24,31)(H,25,28,29). The lowest BCUT2D eigenvalue weighted by atomic mass is 10.0. The third-order valence-corrected chi connectivity index (χ3v) is 6.51. The highest BCUT2D eigenvalue weighted by Gasteiger charge is 2.40. The van der Waals surface area contributed by atoms with Crippen LogP contribution < -0.4 is 16.0 Å². The predicted molar refractivity (Wildman–Crippen MR) is 120 cm³/mol. The number of fused-ring (bicyclic) bond motifs is 1. The average Bonchev–Trinajstić information content (AvgIpc) is 3.25. The van der Waals surface area contributed by atoms with Crippen LogP contribution in [0.25, 0.3) is 0 Å². The number of carbonyl (C=O) groups excluding carboxylic acids is 4. The van der Waals surface area contributed by atoms with Crippen molar-refractivity contribution in [1.29, 1.82) is 0 Å². The van der Waals surface area contributed by atoms with Crippen LogP contribution in [0, 0.1) is 0 Å². The van der Waals surface area contributed by atoms with Gasteiger partial charge in [-0.25, -0.2) is 4.79 Å². The molecule has 4 rings (SSSR count). The molecule has 1 aromatic carbocycles. The van der Waals surface area contributed by atoms with Crippen molar-refractivity contribution >= 4 is 40.8 Å². The maximum Gasteiger partial charge on any atom is 0.319 e. The van der Waals surface area contributed by atoms with Crippen LogP contribution in [0.4, 0.5) is 10.5 Å². The summed E-state index contributed by atoms with van der Waals surface area (Å²) in [5.74, 6) is -0.922. The Morgan fingerprint density at radius 2 is 2.06 bits per heavy atom. The number of amides is 5. The number of anilines is 1. The molecule has 9 nitrogen and oxygen atoms in total. The van der Waals surface area contributed by atoms with Crippen molar-refractivity contribution in [2.45, 2.75) is 38.5 Å². The summed E-state index contributed by atoms with van der Waals surface area (Å²) >= 11 is 1.32. The number of hydrogen-bond donors (Lipinski definition) is 3. The van der Waals surface area contributed by atoms with Gasteiger partial charge in [0.15, 0.2) is 0 Å². The van der Waals surface area contributed by atoms with Gasteiger partial charge in [-0.1, -0.05) is 12.1 Å². The first kappa shape index (κ1) is 22.0. The molecule has 5 amide bonds. The van der Waals surface area contributed by atoms with Gasteiger partial charge in [-0.3, -0.25) is 19.7 Å². The molecule has 0 radical (unpaired) electrons. The Morgan fingerprint density at radius 1 is 1.25 bits per heavy atom. The smallest absolute Gasteiger partial charge is 0.319 e. The van der Waals surface area contributed by atoms with Crippen LogP contribution in [0.2, 0.25) is 0 Å². The van der Waals surface area contributed by atoms with Crippen molar-refractivity contribution in [2.75, 3.05) is 19.4 Å². The number of piperidine rings is 1. The van der Waals surface area contributed by atoms with Gasteiger partial charge in [0.2, 0.25) is 11.8 Å². The fraction of sp³-hybridized carbons (Fsp3) is 0.364. The summed E-state index contributed by atoms with van der Waals surface area (Å²) in [6.45, 7) is 1.41. The van der Waals surface area contributed by atoms with Crippen molar-refractivity contribution in [3.63, 3.8) is 0 Å². The monoisotopic (exact) mass is 455 g/mol. The van der Waals surface area contributed by atoms with Crippen LogP contribution in [0.3, 0.4) is 0 Å². The molecule has 1 fully saturated rings. The Kier molecular flexibility index (Phi) is 6.24. The highest BCUT2D eigenvalue weighted by Crippen LogP contribution is 2.33. The second kappa shape index (κ2) is 9.09. The number of imide groups is 1. The van der Waals surface area contributed by atoms with Crippen molar-refractivity contribution in [1.82, 2.24) is 20.4 Å². The minimum atomic E-state index is -0.615. The van der Waals surface area contributed by atoms with Gasteiger partial charge >= 0.3 is 6.03 Å². The summed E-state index contributed by atoms with van der Waals surface area (Å²) in [5, 5.41) is 7.95. The van der Waals surface area contributed by atoms with Gasteiger partial charge < -0.3 is 20.4 Å². The van der Waals surface area contributed by atoms with Gasteiger partial charge in [0.1, 0.15) is 6.04 Å². The van der Waals surface area contributed by atoms with Crippen molar-refractivity contribution in [3.05, 3.63) is 51.2 Å². The maximum absolute atomic E-state index is 12.8. The van der Waals surface area contributed by atoms with E-state index in [0.29, 0.717) is 30.1 Å². The highest BCUT2D eigenvalue weighted by molar-refractivity contribution is 7.14. The van der Waals surface area contributed by atoms with Crippen LogP contribution in [0.15, 0.2) is 30.3 Å².